The molecule has 0 aliphatic heterocycles. The summed E-state index contributed by atoms with van der Waals surface area (Å²) in [4.78, 5) is 14.9. The Morgan fingerprint density at radius 3 is 2.83 bits per heavy atom. The number of methoxy groups -OCH3 is 1. The van der Waals surface area contributed by atoms with E-state index in [1.54, 1.807) is 12.5 Å². The molecule has 94 valence electrons. The molecule has 0 unspecified atom stereocenters. The van der Waals surface area contributed by atoms with Gasteiger partial charge in [-0.25, -0.2) is 9.78 Å². The van der Waals surface area contributed by atoms with Gasteiger partial charge in [0.05, 0.1) is 7.11 Å². The van der Waals surface area contributed by atoms with E-state index in [1.807, 2.05) is 25.1 Å². The topological polar surface area (TPSA) is 59.4 Å². The zero-order valence-electron chi connectivity index (χ0n) is 10.1. The first-order chi connectivity index (χ1) is 8.65. The van der Waals surface area contributed by atoms with Gasteiger partial charge in [0.2, 0.25) is 0 Å². The first-order valence-corrected chi connectivity index (χ1v) is 6.39. The maximum absolute atomic E-state index is 10.8. The van der Waals surface area contributed by atoms with Crippen molar-refractivity contribution in [2.75, 3.05) is 7.11 Å². The molecule has 0 saturated heterocycles. The minimum atomic E-state index is -0.998. The summed E-state index contributed by atoms with van der Waals surface area (Å²) in [7, 11) is 1.64. The number of carbonyl (C=O) groups is 1. The Labute approximate surface area is 109 Å². The molecule has 5 heteroatoms. The van der Waals surface area contributed by atoms with Crippen molar-refractivity contribution in [2.24, 2.45) is 0 Å². The van der Waals surface area contributed by atoms with E-state index < -0.39 is 5.97 Å². The first-order valence-electron chi connectivity index (χ1n) is 5.51. The van der Waals surface area contributed by atoms with E-state index >= 15 is 0 Å². The fourth-order valence-corrected chi connectivity index (χ4v) is 2.48. The van der Waals surface area contributed by atoms with Crippen LogP contribution in [-0.2, 0) is 6.42 Å². The summed E-state index contributed by atoms with van der Waals surface area (Å²) in [5, 5.41) is 11.1. The third-order valence-electron chi connectivity index (χ3n) is 2.63. The highest BCUT2D eigenvalue weighted by molar-refractivity contribution is 7.13. The normalized spacial score (nSPS) is 10.3. The number of carboxylic acid groups (broad SMARTS) is 1. The van der Waals surface area contributed by atoms with Crippen LogP contribution in [-0.4, -0.2) is 23.2 Å². The molecule has 2 aromatic rings. The van der Waals surface area contributed by atoms with Crippen LogP contribution >= 0.6 is 11.3 Å². The number of aryl methyl sites for hydroxylation is 1. The van der Waals surface area contributed by atoms with Crippen molar-refractivity contribution in [3.8, 4) is 16.3 Å². The van der Waals surface area contributed by atoms with Gasteiger partial charge < -0.3 is 9.84 Å². The predicted octanol–water partition coefficient (Wildman–Crippen LogP) is 3.08. The highest BCUT2D eigenvalue weighted by Crippen LogP contribution is 2.29. The summed E-state index contributed by atoms with van der Waals surface area (Å²) < 4.78 is 5.26. The van der Waals surface area contributed by atoms with Crippen LogP contribution in [0.5, 0.6) is 5.75 Å². The van der Waals surface area contributed by atoms with Crippen LogP contribution in [0.4, 0.5) is 0 Å². The number of nitrogens with zero attached hydrogens (tertiary/aromatic N) is 1. The van der Waals surface area contributed by atoms with Crippen LogP contribution in [0.3, 0.4) is 0 Å². The van der Waals surface area contributed by atoms with Gasteiger partial charge in [0.1, 0.15) is 10.8 Å². The average molecular weight is 263 g/mol. The van der Waals surface area contributed by atoms with Gasteiger partial charge in [-0.15, -0.1) is 11.3 Å². The van der Waals surface area contributed by atoms with Crippen molar-refractivity contribution in [1.82, 2.24) is 4.98 Å². The van der Waals surface area contributed by atoms with Crippen molar-refractivity contribution in [3.05, 3.63) is 34.8 Å². The number of ether oxygens (including phenoxy) is 1. The zero-order valence-corrected chi connectivity index (χ0v) is 11.0. The molecule has 0 bridgehead atoms. The van der Waals surface area contributed by atoms with Gasteiger partial charge in [-0.2, -0.15) is 0 Å². The Morgan fingerprint density at radius 1 is 1.50 bits per heavy atom. The Hall–Kier alpha value is -1.88. The molecule has 0 saturated carbocycles. The van der Waals surface area contributed by atoms with Gasteiger partial charge >= 0.3 is 5.97 Å². The van der Waals surface area contributed by atoms with Crippen LogP contribution in [0.1, 0.15) is 23.0 Å². The Kier molecular flexibility index (Phi) is 3.62. The largest absolute Gasteiger partial charge is 0.496 e. The van der Waals surface area contributed by atoms with Crippen molar-refractivity contribution in [3.63, 3.8) is 0 Å². The minimum absolute atomic E-state index is 0.0869. The molecule has 1 aromatic carbocycles. The van der Waals surface area contributed by atoms with Crippen molar-refractivity contribution < 1.29 is 14.6 Å². The zero-order chi connectivity index (χ0) is 13.1. The summed E-state index contributed by atoms with van der Waals surface area (Å²) in [6.45, 7) is 2.05. The number of carboxylic acids is 1. The summed E-state index contributed by atoms with van der Waals surface area (Å²) >= 11 is 1.33. The monoisotopic (exact) mass is 263 g/mol. The Morgan fingerprint density at radius 2 is 2.28 bits per heavy atom. The summed E-state index contributed by atoms with van der Waals surface area (Å²) in [6.07, 6.45) is 0.855. The molecule has 1 aromatic heterocycles. The third kappa shape index (κ3) is 2.36. The Bertz CT molecular complexity index is 577. The lowest BCUT2D eigenvalue weighted by Crippen LogP contribution is -1.96. The highest BCUT2D eigenvalue weighted by Gasteiger charge is 2.11. The van der Waals surface area contributed by atoms with E-state index in [2.05, 4.69) is 4.98 Å². The number of rotatable bonds is 4. The van der Waals surface area contributed by atoms with E-state index in [0.29, 0.717) is 5.01 Å². The van der Waals surface area contributed by atoms with Gasteiger partial charge in [-0.05, 0) is 30.2 Å². The van der Waals surface area contributed by atoms with Crippen molar-refractivity contribution in [1.29, 1.82) is 0 Å². The average Bonchev–Trinajstić information content (AvgIpc) is 2.87. The van der Waals surface area contributed by atoms with Gasteiger partial charge in [-0.3, -0.25) is 0 Å². The minimum Gasteiger partial charge on any atom is -0.496 e. The van der Waals surface area contributed by atoms with Gasteiger partial charge in [-0.1, -0.05) is 6.92 Å². The van der Waals surface area contributed by atoms with Crippen LogP contribution in [0.25, 0.3) is 10.6 Å². The number of aromatic nitrogens is 1. The standard InChI is InChI=1S/C13H13NO3S/c1-3-8-6-9(4-5-11(8)17-2)12-14-10(7-18-12)13(15)16/h4-7H,3H2,1-2H3,(H,15,16). The maximum Gasteiger partial charge on any atom is 0.355 e. The molecule has 0 atom stereocenters. The molecule has 4 nitrogen and oxygen atoms in total. The highest BCUT2D eigenvalue weighted by atomic mass is 32.1. The molecular weight excluding hydrogens is 250 g/mol. The maximum atomic E-state index is 10.8. The van der Waals surface area contributed by atoms with E-state index in [0.717, 1.165) is 23.3 Å². The lowest BCUT2D eigenvalue weighted by atomic mass is 10.1. The second-order valence-electron chi connectivity index (χ2n) is 3.72. The second kappa shape index (κ2) is 5.18. The van der Waals surface area contributed by atoms with E-state index in [-0.39, 0.29) is 5.69 Å². The molecule has 0 radical (unpaired) electrons. The van der Waals surface area contributed by atoms with Gasteiger partial charge in [0, 0.05) is 10.9 Å². The van der Waals surface area contributed by atoms with Gasteiger partial charge in [0.15, 0.2) is 5.69 Å². The molecule has 0 fully saturated rings. The number of hydrogen-bond acceptors (Lipinski definition) is 4. The van der Waals surface area contributed by atoms with E-state index in [9.17, 15) is 4.79 Å². The molecule has 0 amide bonds. The summed E-state index contributed by atoms with van der Waals surface area (Å²) in [6, 6.07) is 5.77. The molecule has 0 aliphatic rings. The van der Waals surface area contributed by atoms with Crippen LogP contribution in [0.15, 0.2) is 23.6 Å². The second-order valence-corrected chi connectivity index (χ2v) is 4.58. The van der Waals surface area contributed by atoms with Crippen molar-refractivity contribution in [2.45, 2.75) is 13.3 Å². The molecule has 18 heavy (non-hydrogen) atoms. The fourth-order valence-electron chi connectivity index (χ4n) is 1.69. The number of hydrogen-bond donors (Lipinski definition) is 1. The van der Waals surface area contributed by atoms with E-state index in [4.69, 9.17) is 9.84 Å². The molecule has 1 N–H and O–H groups in total. The number of aromatic carboxylic acids is 1. The predicted molar refractivity (Wildman–Crippen MR) is 70.4 cm³/mol. The summed E-state index contributed by atoms with van der Waals surface area (Å²) in [5.41, 5.74) is 2.09. The summed E-state index contributed by atoms with van der Waals surface area (Å²) in [5.74, 6) is -0.155. The number of benzene rings is 1. The molecule has 1 heterocycles. The van der Waals surface area contributed by atoms with E-state index in [1.165, 1.54) is 11.3 Å². The van der Waals surface area contributed by atoms with Crippen LogP contribution < -0.4 is 4.74 Å². The lowest BCUT2D eigenvalue weighted by molar-refractivity contribution is 0.0691. The molecular formula is C13H13NO3S. The SMILES string of the molecule is CCc1cc(-c2nc(C(=O)O)cs2)ccc1OC. The smallest absolute Gasteiger partial charge is 0.355 e. The van der Waals surface area contributed by atoms with Crippen LogP contribution in [0, 0.1) is 0 Å². The lowest BCUT2D eigenvalue weighted by Gasteiger charge is -2.07. The third-order valence-corrected chi connectivity index (χ3v) is 3.52. The molecule has 0 aliphatic carbocycles. The number of thiazole rings is 1. The quantitative estimate of drug-likeness (QED) is 0.920. The fraction of sp³-hybridized carbons (Fsp3) is 0.231. The Balaban J connectivity index is 2.41. The van der Waals surface area contributed by atoms with Gasteiger partial charge in [0.25, 0.3) is 0 Å². The first kappa shape index (κ1) is 12.6. The molecule has 2 rings (SSSR count). The van der Waals surface area contributed by atoms with Crippen molar-refractivity contribution >= 4 is 17.3 Å². The molecule has 0 spiro atoms. The van der Waals surface area contributed by atoms with Crippen LogP contribution in [0.2, 0.25) is 0 Å².